The summed E-state index contributed by atoms with van der Waals surface area (Å²) < 4.78 is 5.27. The number of benzene rings is 2. The summed E-state index contributed by atoms with van der Waals surface area (Å²) in [4.78, 5) is 12.2. The van der Waals surface area contributed by atoms with Crippen molar-refractivity contribution in [3.8, 4) is 5.75 Å². The van der Waals surface area contributed by atoms with Crippen LogP contribution in [0.1, 0.15) is 10.5 Å². The Balaban J connectivity index is 1.72. The molecule has 1 aromatic heterocycles. The van der Waals surface area contributed by atoms with E-state index in [0.717, 1.165) is 0 Å². The van der Waals surface area contributed by atoms with Gasteiger partial charge in [0.05, 0.1) is 12.8 Å². The van der Waals surface area contributed by atoms with E-state index in [2.05, 4.69) is 20.8 Å². The molecule has 3 aromatic rings. The van der Waals surface area contributed by atoms with Crippen molar-refractivity contribution in [3.05, 3.63) is 70.3 Å². The minimum atomic E-state index is -0.383. The van der Waals surface area contributed by atoms with E-state index < -0.39 is 0 Å². The van der Waals surface area contributed by atoms with Crippen LogP contribution in [0.3, 0.4) is 0 Å². The monoisotopic (exact) mass is 388 g/mol. The van der Waals surface area contributed by atoms with E-state index in [1.165, 1.54) is 0 Å². The van der Waals surface area contributed by atoms with Gasteiger partial charge in [-0.25, -0.2) is 0 Å². The molecule has 0 saturated carbocycles. The second-order valence-electron chi connectivity index (χ2n) is 5.24. The van der Waals surface area contributed by atoms with Crippen molar-refractivity contribution in [3.63, 3.8) is 0 Å². The number of carbonyl (C=O) groups is 1. The highest BCUT2D eigenvalue weighted by molar-refractivity contribution is 6.31. The molecule has 132 valence electrons. The molecule has 0 fully saturated rings. The van der Waals surface area contributed by atoms with E-state index in [4.69, 9.17) is 27.9 Å². The average Bonchev–Trinajstić information content (AvgIpc) is 2.62. The Hall–Kier alpha value is -2.83. The molecular formula is C18H14Cl2N4O2. The average molecular weight is 389 g/mol. The van der Waals surface area contributed by atoms with Crippen molar-refractivity contribution in [1.82, 2.24) is 10.2 Å². The Morgan fingerprint density at radius 3 is 2.50 bits per heavy atom. The number of anilines is 3. The number of methoxy groups -OCH3 is 1. The molecule has 6 nitrogen and oxygen atoms in total. The fraction of sp³-hybridized carbons (Fsp3) is 0.0556. The lowest BCUT2D eigenvalue weighted by molar-refractivity contribution is 0.102. The number of carbonyl (C=O) groups excluding carboxylic acids is 1. The summed E-state index contributed by atoms with van der Waals surface area (Å²) in [6.07, 6.45) is 0. The lowest BCUT2D eigenvalue weighted by Gasteiger charge is -2.11. The van der Waals surface area contributed by atoms with Crippen LogP contribution in [0.5, 0.6) is 5.75 Å². The number of amides is 1. The van der Waals surface area contributed by atoms with Gasteiger partial charge in [0, 0.05) is 15.7 Å². The van der Waals surface area contributed by atoms with Gasteiger partial charge >= 0.3 is 0 Å². The molecule has 1 amide bonds. The van der Waals surface area contributed by atoms with Crippen LogP contribution in [0.2, 0.25) is 10.0 Å². The Bertz CT molecular complexity index is 933. The molecule has 0 aliphatic rings. The maximum atomic E-state index is 12.2. The third-order valence-corrected chi connectivity index (χ3v) is 3.87. The number of hydrogen-bond donors (Lipinski definition) is 2. The van der Waals surface area contributed by atoms with Crippen molar-refractivity contribution < 1.29 is 9.53 Å². The van der Waals surface area contributed by atoms with E-state index in [0.29, 0.717) is 33.0 Å². The zero-order valence-corrected chi connectivity index (χ0v) is 15.2. The normalized spacial score (nSPS) is 10.3. The first-order valence-corrected chi connectivity index (χ1v) is 8.32. The van der Waals surface area contributed by atoms with Crippen LogP contribution < -0.4 is 15.4 Å². The van der Waals surface area contributed by atoms with Gasteiger partial charge in [0.15, 0.2) is 11.5 Å². The summed E-state index contributed by atoms with van der Waals surface area (Å²) in [7, 11) is 1.56. The fourth-order valence-electron chi connectivity index (χ4n) is 2.20. The van der Waals surface area contributed by atoms with Crippen molar-refractivity contribution >= 4 is 46.3 Å². The Kier molecular flexibility index (Phi) is 5.55. The molecule has 0 radical (unpaired) electrons. The van der Waals surface area contributed by atoms with Gasteiger partial charge in [-0.3, -0.25) is 4.79 Å². The van der Waals surface area contributed by atoms with E-state index in [1.54, 1.807) is 61.7 Å². The van der Waals surface area contributed by atoms with Gasteiger partial charge in [0.25, 0.3) is 5.91 Å². The van der Waals surface area contributed by atoms with E-state index in [9.17, 15) is 4.79 Å². The number of nitrogens with one attached hydrogen (secondary N) is 2. The third kappa shape index (κ3) is 4.41. The molecule has 0 unspecified atom stereocenters. The molecule has 0 aliphatic heterocycles. The Labute approximate surface area is 160 Å². The lowest BCUT2D eigenvalue weighted by atomic mass is 10.3. The SMILES string of the molecule is COc1ccc(Cl)cc1Nc1ccc(C(=O)Nc2cccc(Cl)c2)nn1. The summed E-state index contributed by atoms with van der Waals surface area (Å²) in [5.74, 6) is 0.676. The smallest absolute Gasteiger partial charge is 0.276 e. The van der Waals surface area contributed by atoms with Gasteiger partial charge in [-0.1, -0.05) is 29.3 Å². The van der Waals surface area contributed by atoms with Gasteiger partial charge in [0.2, 0.25) is 0 Å². The van der Waals surface area contributed by atoms with Gasteiger partial charge in [-0.2, -0.15) is 0 Å². The van der Waals surface area contributed by atoms with Crippen LogP contribution in [0.25, 0.3) is 0 Å². The number of aromatic nitrogens is 2. The molecule has 0 spiro atoms. The highest BCUT2D eigenvalue weighted by atomic mass is 35.5. The van der Waals surface area contributed by atoms with Crippen LogP contribution in [0, 0.1) is 0 Å². The summed E-state index contributed by atoms with van der Waals surface area (Å²) in [5.41, 5.74) is 1.40. The maximum absolute atomic E-state index is 12.2. The van der Waals surface area contributed by atoms with Crippen LogP contribution >= 0.6 is 23.2 Å². The first-order valence-electron chi connectivity index (χ1n) is 7.56. The summed E-state index contributed by atoms with van der Waals surface area (Å²) in [5, 5.41) is 14.8. The number of rotatable bonds is 5. The molecule has 3 rings (SSSR count). The molecule has 2 N–H and O–H groups in total. The molecule has 26 heavy (non-hydrogen) atoms. The standard InChI is InChI=1S/C18H14Cl2N4O2/c1-26-16-7-5-12(20)10-15(16)22-17-8-6-14(23-24-17)18(25)21-13-4-2-3-11(19)9-13/h2-10H,1H3,(H,21,25)(H,22,24). The predicted molar refractivity (Wildman–Crippen MR) is 103 cm³/mol. The first kappa shape index (κ1) is 18.0. The fourth-order valence-corrected chi connectivity index (χ4v) is 2.56. The van der Waals surface area contributed by atoms with E-state index in [-0.39, 0.29) is 11.6 Å². The molecule has 0 aliphatic carbocycles. The maximum Gasteiger partial charge on any atom is 0.276 e. The van der Waals surface area contributed by atoms with Crippen LogP contribution in [-0.2, 0) is 0 Å². The predicted octanol–water partition coefficient (Wildman–Crippen LogP) is 4.79. The van der Waals surface area contributed by atoms with Crippen molar-refractivity contribution in [2.24, 2.45) is 0 Å². The zero-order valence-electron chi connectivity index (χ0n) is 13.7. The van der Waals surface area contributed by atoms with Crippen LogP contribution in [0.15, 0.2) is 54.6 Å². The second kappa shape index (κ2) is 8.03. The van der Waals surface area contributed by atoms with Crippen molar-refractivity contribution in [1.29, 1.82) is 0 Å². The van der Waals surface area contributed by atoms with Crippen molar-refractivity contribution in [2.75, 3.05) is 17.7 Å². The number of nitrogens with zero attached hydrogens (tertiary/aromatic N) is 2. The summed E-state index contributed by atoms with van der Waals surface area (Å²) in [6.45, 7) is 0. The third-order valence-electron chi connectivity index (χ3n) is 3.40. The van der Waals surface area contributed by atoms with Gasteiger partial charge in [-0.05, 0) is 48.5 Å². The van der Waals surface area contributed by atoms with Gasteiger partial charge in [-0.15, -0.1) is 10.2 Å². The second-order valence-corrected chi connectivity index (χ2v) is 6.11. The molecule has 8 heteroatoms. The van der Waals surface area contributed by atoms with E-state index >= 15 is 0 Å². The highest BCUT2D eigenvalue weighted by Gasteiger charge is 2.10. The lowest BCUT2D eigenvalue weighted by Crippen LogP contribution is -2.14. The van der Waals surface area contributed by atoms with Gasteiger partial charge in [0.1, 0.15) is 5.75 Å². The van der Waals surface area contributed by atoms with Crippen LogP contribution in [0.4, 0.5) is 17.2 Å². The molecule has 0 atom stereocenters. The number of hydrogen-bond acceptors (Lipinski definition) is 5. The molecule has 1 heterocycles. The van der Waals surface area contributed by atoms with Crippen molar-refractivity contribution in [2.45, 2.75) is 0 Å². The largest absolute Gasteiger partial charge is 0.495 e. The van der Waals surface area contributed by atoms with E-state index in [1.807, 2.05) is 0 Å². The minimum absolute atomic E-state index is 0.175. The molecular weight excluding hydrogens is 375 g/mol. The summed E-state index contributed by atoms with van der Waals surface area (Å²) >= 11 is 11.9. The van der Waals surface area contributed by atoms with Gasteiger partial charge < -0.3 is 15.4 Å². The Morgan fingerprint density at radius 1 is 1.00 bits per heavy atom. The highest BCUT2D eigenvalue weighted by Crippen LogP contribution is 2.29. The topological polar surface area (TPSA) is 76.1 Å². The molecule has 0 saturated heterocycles. The molecule has 2 aromatic carbocycles. The molecule has 0 bridgehead atoms. The minimum Gasteiger partial charge on any atom is -0.495 e. The van der Waals surface area contributed by atoms with Crippen LogP contribution in [-0.4, -0.2) is 23.2 Å². The summed E-state index contributed by atoms with van der Waals surface area (Å²) in [6, 6.07) is 15.2. The number of halogens is 2. The Morgan fingerprint density at radius 2 is 1.81 bits per heavy atom. The zero-order chi connectivity index (χ0) is 18.5. The number of ether oxygens (including phenoxy) is 1. The first-order chi connectivity index (χ1) is 12.5. The quantitative estimate of drug-likeness (QED) is 0.656.